The van der Waals surface area contributed by atoms with Gasteiger partial charge in [0, 0.05) is 0 Å². The molecule has 0 saturated carbocycles. The van der Waals surface area contributed by atoms with Crippen LogP contribution in [0.4, 0.5) is 0 Å². The normalized spacial score (nSPS) is 11.0. The summed E-state index contributed by atoms with van der Waals surface area (Å²) in [6.07, 6.45) is 22.5. The number of unbranched alkanes of at least 4 members (excludes halogenated alkanes) is 12. The molecule has 0 aliphatic heterocycles. The van der Waals surface area contributed by atoms with Crippen molar-refractivity contribution in [1.29, 1.82) is 0 Å². The Labute approximate surface area is 152 Å². The van der Waals surface area contributed by atoms with Crippen molar-refractivity contribution < 1.29 is 22.9 Å². The van der Waals surface area contributed by atoms with Crippen molar-refractivity contribution in [3.63, 3.8) is 0 Å². The van der Waals surface area contributed by atoms with E-state index in [1.54, 1.807) is 31.8 Å². The van der Waals surface area contributed by atoms with Crippen molar-refractivity contribution in [2.24, 2.45) is 0 Å². The van der Waals surface area contributed by atoms with Gasteiger partial charge in [-0.2, -0.15) is 0 Å². The van der Waals surface area contributed by atoms with Gasteiger partial charge in [0.15, 0.2) is 0 Å². The zero-order chi connectivity index (χ0) is 16.3. The molecule has 22 heavy (non-hydrogen) atoms. The minimum atomic E-state index is -1.15. The first-order chi connectivity index (χ1) is 10.8. The van der Waals surface area contributed by atoms with E-state index in [-0.39, 0.29) is 1.43 Å². The Balaban J connectivity index is 0. The Morgan fingerprint density at radius 2 is 0.682 bits per heavy atom. The van der Waals surface area contributed by atoms with Gasteiger partial charge in [-0.1, -0.05) is 0 Å². The molecule has 0 radical (unpaired) electrons. The Bertz CT molecular complexity index is 163. The SMILES string of the molecule is CCCCCC[CH2][Hf+]([CH2]CCCCCC)[CH2]CCCCCC.[H-]. The maximum absolute atomic E-state index is 2.33. The first kappa shape index (κ1) is 22.9. The third kappa shape index (κ3) is 17.2. The summed E-state index contributed by atoms with van der Waals surface area (Å²) in [4.78, 5) is 0. The molecular weight excluding hydrogens is 431 g/mol. The maximum atomic E-state index is 2.33. The van der Waals surface area contributed by atoms with Gasteiger partial charge in [0.05, 0.1) is 0 Å². The predicted molar refractivity (Wildman–Crippen MR) is 102 cm³/mol. The topological polar surface area (TPSA) is 0 Å². The van der Waals surface area contributed by atoms with E-state index in [0.717, 1.165) is 0 Å². The van der Waals surface area contributed by atoms with Crippen molar-refractivity contribution in [3.8, 4) is 0 Å². The molecule has 0 unspecified atom stereocenters. The van der Waals surface area contributed by atoms with Crippen LogP contribution in [-0.4, -0.2) is 0 Å². The first-order valence-corrected chi connectivity index (χ1v) is 18.3. The maximum Gasteiger partial charge on any atom is -1.00 e. The van der Waals surface area contributed by atoms with Crippen LogP contribution in [-0.2, 0) is 21.4 Å². The second kappa shape index (κ2) is 19.9. The summed E-state index contributed by atoms with van der Waals surface area (Å²) in [5.74, 6) is 0. The molecule has 0 spiro atoms. The molecule has 0 saturated heterocycles. The fourth-order valence-electron chi connectivity index (χ4n) is 3.31. The average Bonchev–Trinajstić information content (AvgIpc) is 2.53. The van der Waals surface area contributed by atoms with Crippen LogP contribution in [0.25, 0.3) is 0 Å². The summed E-state index contributed by atoms with van der Waals surface area (Å²) in [6.45, 7) is 6.98. The third-order valence-corrected chi connectivity index (χ3v) is 16.3. The van der Waals surface area contributed by atoms with Crippen molar-refractivity contribution in [2.75, 3.05) is 0 Å². The summed E-state index contributed by atoms with van der Waals surface area (Å²) in [6, 6.07) is 0. The minimum absolute atomic E-state index is 0. The van der Waals surface area contributed by atoms with E-state index in [0.29, 0.717) is 0 Å². The molecule has 0 aromatic heterocycles. The fourth-order valence-corrected chi connectivity index (χ4v) is 14.1. The molecular formula is C21H46Hf. The van der Waals surface area contributed by atoms with Crippen LogP contribution < -0.4 is 0 Å². The summed E-state index contributed by atoms with van der Waals surface area (Å²) in [5.41, 5.74) is 0. The first-order valence-electron chi connectivity index (χ1n) is 10.7. The molecule has 0 heterocycles. The third-order valence-electron chi connectivity index (χ3n) is 4.90. The van der Waals surface area contributed by atoms with Crippen LogP contribution >= 0.6 is 0 Å². The number of hydrogen-bond donors (Lipinski definition) is 0. The van der Waals surface area contributed by atoms with Crippen molar-refractivity contribution in [2.45, 2.75) is 130 Å². The molecule has 0 fully saturated rings. The smallest absolute Gasteiger partial charge is 1.00 e. The molecule has 1 heteroatoms. The molecule has 0 aliphatic rings. The minimum Gasteiger partial charge on any atom is -1.00 e. The summed E-state index contributed by atoms with van der Waals surface area (Å²) >= 11 is -1.15. The van der Waals surface area contributed by atoms with E-state index in [1.807, 2.05) is 0 Å². The van der Waals surface area contributed by atoms with Gasteiger partial charge in [-0.3, -0.25) is 0 Å². The zero-order valence-corrected chi connectivity index (χ0v) is 19.8. The molecule has 0 amide bonds. The Morgan fingerprint density at radius 3 is 0.955 bits per heavy atom. The van der Waals surface area contributed by atoms with E-state index < -0.39 is 21.4 Å². The number of hydrogen-bond acceptors (Lipinski definition) is 0. The van der Waals surface area contributed by atoms with Crippen molar-refractivity contribution in [1.82, 2.24) is 0 Å². The summed E-state index contributed by atoms with van der Waals surface area (Å²) < 4.78 is 5.20. The van der Waals surface area contributed by atoms with Crippen molar-refractivity contribution in [3.05, 3.63) is 0 Å². The molecule has 0 atom stereocenters. The van der Waals surface area contributed by atoms with Gasteiger partial charge in [-0.05, 0) is 0 Å². The Morgan fingerprint density at radius 1 is 0.409 bits per heavy atom. The van der Waals surface area contributed by atoms with Crippen LogP contribution in [0.2, 0.25) is 12.5 Å². The number of rotatable bonds is 18. The molecule has 134 valence electrons. The Hall–Kier alpha value is 0.870. The fraction of sp³-hybridized carbons (Fsp3) is 1.00. The molecule has 0 aliphatic carbocycles. The predicted octanol–water partition coefficient (Wildman–Crippen LogP) is 8.88. The van der Waals surface area contributed by atoms with Gasteiger partial charge < -0.3 is 1.43 Å². The van der Waals surface area contributed by atoms with Crippen LogP contribution in [0, 0.1) is 0 Å². The Kier molecular flexibility index (Phi) is 20.7. The van der Waals surface area contributed by atoms with Crippen LogP contribution in [0.15, 0.2) is 0 Å². The largest absolute Gasteiger partial charge is 1.00 e. The molecule has 0 aromatic carbocycles. The van der Waals surface area contributed by atoms with E-state index in [9.17, 15) is 0 Å². The standard InChI is InChI=1S/3C7H15.Hf.H/c3*1-3-5-7-6-4-2;;/h3*1,3-7H2,2H3;;/q;;;+1;-1. The molecule has 0 nitrogen and oxygen atoms in total. The van der Waals surface area contributed by atoms with Gasteiger partial charge in [-0.15, -0.1) is 0 Å². The van der Waals surface area contributed by atoms with E-state index in [4.69, 9.17) is 0 Å². The molecule has 0 N–H and O–H groups in total. The van der Waals surface area contributed by atoms with Gasteiger partial charge in [-0.25, -0.2) is 0 Å². The van der Waals surface area contributed by atoms with Crippen LogP contribution in [0.3, 0.4) is 0 Å². The molecule has 0 bridgehead atoms. The van der Waals surface area contributed by atoms with E-state index in [1.165, 1.54) is 77.0 Å². The van der Waals surface area contributed by atoms with Gasteiger partial charge in [0.2, 0.25) is 0 Å². The van der Waals surface area contributed by atoms with E-state index in [2.05, 4.69) is 20.8 Å². The van der Waals surface area contributed by atoms with Crippen LogP contribution in [0.1, 0.15) is 119 Å². The van der Waals surface area contributed by atoms with Gasteiger partial charge in [0.1, 0.15) is 0 Å². The van der Waals surface area contributed by atoms with Gasteiger partial charge in [0.25, 0.3) is 0 Å². The van der Waals surface area contributed by atoms with Gasteiger partial charge >= 0.3 is 151 Å². The zero-order valence-electron chi connectivity index (χ0n) is 17.2. The second-order valence-electron chi connectivity index (χ2n) is 7.24. The summed E-state index contributed by atoms with van der Waals surface area (Å²) in [7, 11) is 0. The quantitative estimate of drug-likeness (QED) is 0.137. The van der Waals surface area contributed by atoms with Crippen LogP contribution in [0.5, 0.6) is 0 Å². The average molecular weight is 477 g/mol. The monoisotopic (exact) mass is 478 g/mol. The summed E-state index contributed by atoms with van der Waals surface area (Å²) in [5, 5.41) is 0. The van der Waals surface area contributed by atoms with Crippen molar-refractivity contribution >= 4 is 0 Å². The second-order valence-corrected chi connectivity index (χ2v) is 18.0. The van der Waals surface area contributed by atoms with E-state index >= 15 is 0 Å². The molecule has 0 aromatic rings. The molecule has 0 rings (SSSR count).